The number of hydrogen-bond donors (Lipinski definition) is 2. The van der Waals surface area contributed by atoms with Crippen LogP contribution in [0, 0.1) is 12.7 Å². The van der Waals surface area contributed by atoms with Crippen LogP contribution in [0.4, 0.5) is 4.39 Å². The molecule has 138 valence electrons. The van der Waals surface area contributed by atoms with Crippen molar-refractivity contribution in [2.24, 2.45) is 12.0 Å². The highest BCUT2D eigenvalue weighted by Crippen LogP contribution is 2.22. The van der Waals surface area contributed by atoms with Gasteiger partial charge in [-0.15, -0.1) is 34.2 Å². The summed E-state index contributed by atoms with van der Waals surface area (Å²) < 4.78 is 15.4. The van der Waals surface area contributed by atoms with Crippen LogP contribution >= 0.6 is 24.0 Å². The van der Waals surface area contributed by atoms with Crippen LogP contribution in [-0.2, 0) is 19.0 Å². The van der Waals surface area contributed by atoms with Gasteiger partial charge in [0.05, 0.1) is 6.54 Å². The van der Waals surface area contributed by atoms with Gasteiger partial charge in [-0.3, -0.25) is 4.99 Å². The van der Waals surface area contributed by atoms with Crippen molar-refractivity contribution in [1.29, 1.82) is 0 Å². The fourth-order valence-electron chi connectivity index (χ4n) is 2.30. The first kappa shape index (κ1) is 21.3. The minimum Gasteiger partial charge on any atom is -0.356 e. The zero-order chi connectivity index (χ0) is 17.7. The monoisotopic (exact) mass is 460 g/mol. The van der Waals surface area contributed by atoms with Crippen molar-refractivity contribution in [3.8, 4) is 0 Å². The van der Waals surface area contributed by atoms with Gasteiger partial charge in [0.15, 0.2) is 11.8 Å². The summed E-state index contributed by atoms with van der Waals surface area (Å²) in [6, 6.07) is 6.69. The van der Waals surface area contributed by atoms with Crippen LogP contribution in [0.5, 0.6) is 0 Å². The van der Waals surface area contributed by atoms with Gasteiger partial charge in [-0.1, -0.05) is 26.0 Å². The minimum atomic E-state index is -0.235. The molecule has 0 aliphatic heterocycles. The van der Waals surface area contributed by atoms with E-state index in [1.54, 1.807) is 19.2 Å². The first-order valence-corrected chi connectivity index (χ1v) is 7.89. The number of nitrogens with one attached hydrogen (secondary N) is 2. The zero-order valence-corrected chi connectivity index (χ0v) is 17.6. The fourth-order valence-corrected chi connectivity index (χ4v) is 2.30. The Bertz CT molecular complexity index is 726. The van der Waals surface area contributed by atoms with E-state index in [1.165, 1.54) is 6.07 Å². The highest BCUT2D eigenvalue weighted by atomic mass is 127. The maximum atomic E-state index is 13.4. The molecule has 2 rings (SSSR count). The summed E-state index contributed by atoms with van der Waals surface area (Å²) in [6.07, 6.45) is 0. The molecular formula is C17H26FIN6. The van der Waals surface area contributed by atoms with Crippen LogP contribution < -0.4 is 10.6 Å². The summed E-state index contributed by atoms with van der Waals surface area (Å²) in [5.74, 6) is 2.14. The summed E-state index contributed by atoms with van der Waals surface area (Å²) >= 11 is 0. The van der Waals surface area contributed by atoms with Crippen molar-refractivity contribution in [3.05, 3.63) is 47.3 Å². The molecule has 0 unspecified atom stereocenters. The molecule has 2 aromatic rings. The minimum absolute atomic E-state index is 0. The number of aryl methyl sites for hydroxylation is 1. The van der Waals surface area contributed by atoms with E-state index >= 15 is 0 Å². The van der Waals surface area contributed by atoms with Gasteiger partial charge in [0.2, 0.25) is 0 Å². The molecule has 0 atom stereocenters. The first-order valence-electron chi connectivity index (χ1n) is 7.89. The van der Waals surface area contributed by atoms with E-state index in [9.17, 15) is 4.39 Å². The Morgan fingerprint density at radius 3 is 2.56 bits per heavy atom. The van der Waals surface area contributed by atoms with Crippen molar-refractivity contribution in [1.82, 2.24) is 25.4 Å². The second kappa shape index (κ2) is 9.12. The highest BCUT2D eigenvalue weighted by Gasteiger charge is 2.21. The number of guanidine groups is 1. The van der Waals surface area contributed by atoms with Crippen molar-refractivity contribution in [2.45, 2.75) is 32.7 Å². The number of hydrogen-bond acceptors (Lipinski definition) is 3. The van der Waals surface area contributed by atoms with Gasteiger partial charge in [0, 0.05) is 26.1 Å². The summed E-state index contributed by atoms with van der Waals surface area (Å²) in [5.41, 5.74) is 0.704. The van der Waals surface area contributed by atoms with E-state index in [2.05, 4.69) is 39.7 Å². The van der Waals surface area contributed by atoms with Crippen molar-refractivity contribution in [2.75, 3.05) is 13.6 Å². The van der Waals surface area contributed by atoms with Gasteiger partial charge < -0.3 is 15.2 Å². The Morgan fingerprint density at radius 1 is 1.28 bits per heavy atom. The zero-order valence-electron chi connectivity index (χ0n) is 15.3. The number of rotatable bonds is 5. The lowest BCUT2D eigenvalue weighted by molar-refractivity contribution is 0.502. The van der Waals surface area contributed by atoms with E-state index in [1.807, 2.05) is 24.6 Å². The number of nitrogens with zero attached hydrogens (tertiary/aromatic N) is 4. The molecule has 25 heavy (non-hydrogen) atoms. The molecular weight excluding hydrogens is 434 g/mol. The van der Waals surface area contributed by atoms with E-state index in [0.29, 0.717) is 19.0 Å². The quantitative estimate of drug-likeness (QED) is 0.409. The van der Waals surface area contributed by atoms with Gasteiger partial charge in [0.1, 0.15) is 11.6 Å². The molecule has 0 spiro atoms. The van der Waals surface area contributed by atoms with E-state index < -0.39 is 0 Å². The smallest absolute Gasteiger partial charge is 0.191 e. The summed E-state index contributed by atoms with van der Waals surface area (Å²) in [6.45, 7) is 7.18. The highest BCUT2D eigenvalue weighted by molar-refractivity contribution is 14.0. The van der Waals surface area contributed by atoms with Crippen molar-refractivity contribution < 1.29 is 4.39 Å². The lowest BCUT2D eigenvalue weighted by Crippen LogP contribution is -2.43. The number of halogens is 2. The van der Waals surface area contributed by atoms with Crippen LogP contribution in [0.25, 0.3) is 0 Å². The van der Waals surface area contributed by atoms with Crippen LogP contribution in [0.15, 0.2) is 29.3 Å². The topological polar surface area (TPSA) is 67.1 Å². The molecule has 1 heterocycles. The summed E-state index contributed by atoms with van der Waals surface area (Å²) in [4.78, 5) is 4.22. The normalized spacial score (nSPS) is 11.8. The standard InChI is InChI=1S/C17H25FN6.HI/c1-12-22-23-15(24(12)5)10-20-16(19-4)21-11-17(2,3)13-7-6-8-14(18)9-13;/h6-9H,10-11H2,1-5H3,(H2,19,20,21);1H. The molecule has 0 aliphatic rings. The van der Waals surface area contributed by atoms with Crippen molar-refractivity contribution in [3.63, 3.8) is 0 Å². The average Bonchev–Trinajstić information content (AvgIpc) is 2.87. The second-order valence-electron chi connectivity index (χ2n) is 6.40. The molecule has 2 N–H and O–H groups in total. The Balaban J connectivity index is 0.00000312. The molecule has 1 aromatic carbocycles. The molecule has 0 radical (unpaired) electrons. The summed E-state index contributed by atoms with van der Waals surface area (Å²) in [7, 11) is 3.64. The Hall–Kier alpha value is -1.71. The first-order chi connectivity index (χ1) is 11.3. The lowest BCUT2D eigenvalue weighted by atomic mass is 9.84. The van der Waals surface area contributed by atoms with Crippen LogP contribution in [-0.4, -0.2) is 34.3 Å². The molecule has 6 nitrogen and oxygen atoms in total. The SMILES string of the molecule is CN=C(NCc1nnc(C)n1C)NCC(C)(C)c1cccc(F)c1.I. The van der Waals surface area contributed by atoms with Gasteiger partial charge in [0.25, 0.3) is 0 Å². The maximum absolute atomic E-state index is 13.4. The van der Waals surface area contributed by atoms with Crippen molar-refractivity contribution >= 4 is 29.9 Å². The Labute approximate surface area is 165 Å². The van der Waals surface area contributed by atoms with Gasteiger partial charge >= 0.3 is 0 Å². The third-order valence-electron chi connectivity index (χ3n) is 4.12. The van der Waals surface area contributed by atoms with Crippen LogP contribution in [0.3, 0.4) is 0 Å². The maximum Gasteiger partial charge on any atom is 0.191 e. The predicted octanol–water partition coefficient (Wildman–Crippen LogP) is 2.52. The largest absolute Gasteiger partial charge is 0.356 e. The van der Waals surface area contributed by atoms with E-state index in [0.717, 1.165) is 17.2 Å². The van der Waals surface area contributed by atoms with Gasteiger partial charge in [-0.25, -0.2) is 4.39 Å². The Kier molecular flexibility index (Phi) is 7.78. The molecule has 8 heteroatoms. The van der Waals surface area contributed by atoms with Gasteiger partial charge in [-0.05, 0) is 24.6 Å². The fraction of sp³-hybridized carbons (Fsp3) is 0.471. The molecule has 0 saturated heterocycles. The average molecular weight is 460 g/mol. The molecule has 0 bridgehead atoms. The second-order valence-corrected chi connectivity index (χ2v) is 6.40. The number of benzene rings is 1. The van der Waals surface area contributed by atoms with Crippen LogP contribution in [0.2, 0.25) is 0 Å². The number of aromatic nitrogens is 3. The third-order valence-corrected chi connectivity index (χ3v) is 4.12. The summed E-state index contributed by atoms with van der Waals surface area (Å²) in [5, 5.41) is 14.6. The molecule has 0 saturated carbocycles. The predicted molar refractivity (Wildman–Crippen MR) is 109 cm³/mol. The molecule has 0 aliphatic carbocycles. The third kappa shape index (κ3) is 5.65. The van der Waals surface area contributed by atoms with E-state index in [4.69, 9.17) is 0 Å². The molecule has 0 amide bonds. The Morgan fingerprint density at radius 2 is 2.00 bits per heavy atom. The lowest BCUT2D eigenvalue weighted by Gasteiger charge is -2.26. The van der Waals surface area contributed by atoms with Gasteiger partial charge in [-0.2, -0.15) is 0 Å². The molecule has 1 aromatic heterocycles. The van der Waals surface area contributed by atoms with E-state index in [-0.39, 0.29) is 35.2 Å². The number of aliphatic imine (C=N–C) groups is 1. The molecule has 0 fully saturated rings. The van der Waals surface area contributed by atoms with Crippen LogP contribution in [0.1, 0.15) is 31.1 Å².